The van der Waals surface area contributed by atoms with Crippen LogP contribution < -0.4 is 4.72 Å². The van der Waals surface area contributed by atoms with E-state index in [0.29, 0.717) is 4.21 Å². The Morgan fingerprint density at radius 3 is 2.47 bits per heavy atom. The lowest BCUT2D eigenvalue weighted by atomic mass is 9.84. The molecule has 0 radical (unpaired) electrons. The van der Waals surface area contributed by atoms with Gasteiger partial charge in [-0.2, -0.15) is 0 Å². The first-order chi connectivity index (χ1) is 7.91. The summed E-state index contributed by atoms with van der Waals surface area (Å²) in [6, 6.07) is 3.41. The average Bonchev–Trinajstić information content (AvgIpc) is 2.65. The van der Waals surface area contributed by atoms with Crippen molar-refractivity contribution in [1.82, 2.24) is 4.72 Å². The molecule has 0 amide bonds. The maximum Gasteiger partial charge on any atom is 0.250 e. The van der Waals surface area contributed by atoms with Gasteiger partial charge in [-0.3, -0.25) is 0 Å². The summed E-state index contributed by atoms with van der Waals surface area (Å²) < 4.78 is 28.5. The minimum absolute atomic E-state index is 0.270. The van der Waals surface area contributed by atoms with Gasteiger partial charge in [0, 0.05) is 5.54 Å². The maximum atomic E-state index is 12.2. The van der Waals surface area contributed by atoms with Gasteiger partial charge in [-0.1, -0.05) is 19.3 Å². The van der Waals surface area contributed by atoms with Crippen molar-refractivity contribution in [2.24, 2.45) is 0 Å². The molecule has 96 valence electrons. The van der Waals surface area contributed by atoms with Crippen LogP contribution in [0, 0.1) is 0 Å². The molecule has 0 aromatic carbocycles. The van der Waals surface area contributed by atoms with Gasteiger partial charge in [0.2, 0.25) is 0 Å². The van der Waals surface area contributed by atoms with Crippen molar-refractivity contribution in [2.45, 2.75) is 48.8 Å². The van der Waals surface area contributed by atoms with Crippen molar-refractivity contribution in [3.05, 3.63) is 15.9 Å². The Kier molecular flexibility index (Phi) is 3.97. The molecule has 2 rings (SSSR count). The molecule has 1 aliphatic rings. The van der Waals surface area contributed by atoms with Crippen LogP contribution in [0.4, 0.5) is 0 Å². The molecule has 1 aliphatic carbocycles. The van der Waals surface area contributed by atoms with Crippen molar-refractivity contribution in [3.8, 4) is 0 Å². The van der Waals surface area contributed by atoms with Crippen LogP contribution in [0.5, 0.6) is 0 Å². The van der Waals surface area contributed by atoms with E-state index < -0.39 is 10.0 Å². The number of hydrogen-bond donors (Lipinski definition) is 1. The topological polar surface area (TPSA) is 46.2 Å². The smallest absolute Gasteiger partial charge is 0.206 e. The van der Waals surface area contributed by atoms with Gasteiger partial charge in [0.05, 0.1) is 3.79 Å². The third kappa shape index (κ3) is 3.30. The fourth-order valence-electron chi connectivity index (χ4n) is 2.25. The summed E-state index contributed by atoms with van der Waals surface area (Å²) in [7, 11) is -3.36. The van der Waals surface area contributed by atoms with Crippen molar-refractivity contribution in [3.63, 3.8) is 0 Å². The van der Waals surface area contributed by atoms with E-state index >= 15 is 0 Å². The number of sulfonamides is 1. The van der Waals surface area contributed by atoms with Gasteiger partial charge in [0.1, 0.15) is 4.21 Å². The van der Waals surface area contributed by atoms with Gasteiger partial charge in [0.25, 0.3) is 10.0 Å². The van der Waals surface area contributed by atoms with Gasteiger partial charge in [-0.15, -0.1) is 11.3 Å². The predicted octanol–water partition coefficient (Wildman–Crippen LogP) is 3.51. The highest BCUT2D eigenvalue weighted by Crippen LogP contribution is 2.31. The van der Waals surface area contributed by atoms with Crippen LogP contribution in [-0.4, -0.2) is 14.0 Å². The largest absolute Gasteiger partial charge is 0.250 e. The van der Waals surface area contributed by atoms with Crippen molar-refractivity contribution in [1.29, 1.82) is 0 Å². The van der Waals surface area contributed by atoms with Crippen LogP contribution >= 0.6 is 27.3 Å². The molecule has 1 aromatic rings. The van der Waals surface area contributed by atoms with E-state index in [1.807, 2.05) is 6.92 Å². The molecule has 0 bridgehead atoms. The van der Waals surface area contributed by atoms with Crippen LogP contribution in [0.25, 0.3) is 0 Å². The second kappa shape index (κ2) is 4.99. The van der Waals surface area contributed by atoms with Crippen LogP contribution in [0.2, 0.25) is 0 Å². The van der Waals surface area contributed by atoms with Gasteiger partial charge in [-0.25, -0.2) is 13.1 Å². The summed E-state index contributed by atoms with van der Waals surface area (Å²) in [5.74, 6) is 0. The van der Waals surface area contributed by atoms with Gasteiger partial charge in [0.15, 0.2) is 0 Å². The highest BCUT2D eigenvalue weighted by atomic mass is 79.9. The number of hydrogen-bond acceptors (Lipinski definition) is 3. The minimum atomic E-state index is -3.36. The molecule has 1 N–H and O–H groups in total. The summed E-state index contributed by atoms with van der Waals surface area (Å²) in [6.07, 6.45) is 5.28. The first kappa shape index (κ1) is 13.5. The Morgan fingerprint density at radius 1 is 1.29 bits per heavy atom. The summed E-state index contributed by atoms with van der Waals surface area (Å²) in [5, 5.41) is 0. The van der Waals surface area contributed by atoms with Gasteiger partial charge in [-0.05, 0) is 47.8 Å². The van der Waals surface area contributed by atoms with E-state index in [0.717, 1.165) is 29.5 Å². The molecule has 0 atom stereocenters. The zero-order chi connectivity index (χ0) is 12.5. The zero-order valence-corrected chi connectivity index (χ0v) is 12.9. The summed E-state index contributed by atoms with van der Waals surface area (Å²) in [6.45, 7) is 2.01. The van der Waals surface area contributed by atoms with E-state index in [2.05, 4.69) is 20.7 Å². The first-order valence-corrected chi connectivity index (χ1v) is 8.80. The fraction of sp³-hybridized carbons (Fsp3) is 0.636. The molecule has 1 heterocycles. The summed E-state index contributed by atoms with van der Waals surface area (Å²) >= 11 is 4.54. The molecule has 6 heteroatoms. The van der Waals surface area contributed by atoms with Crippen LogP contribution in [0.15, 0.2) is 20.1 Å². The lowest BCUT2D eigenvalue weighted by molar-refractivity contribution is 0.294. The molecule has 17 heavy (non-hydrogen) atoms. The molecule has 0 spiro atoms. The van der Waals surface area contributed by atoms with E-state index in [1.54, 1.807) is 12.1 Å². The highest BCUT2D eigenvalue weighted by molar-refractivity contribution is 9.11. The Labute approximate surface area is 115 Å². The highest BCUT2D eigenvalue weighted by Gasteiger charge is 2.32. The third-order valence-corrected chi connectivity index (χ3v) is 6.91. The van der Waals surface area contributed by atoms with Crippen LogP contribution in [-0.2, 0) is 10.0 Å². The Morgan fingerprint density at radius 2 is 1.94 bits per heavy atom. The van der Waals surface area contributed by atoms with Gasteiger partial charge < -0.3 is 0 Å². The maximum absolute atomic E-state index is 12.2. The van der Waals surface area contributed by atoms with Crippen molar-refractivity contribution < 1.29 is 8.42 Å². The molecule has 1 fully saturated rings. The first-order valence-electron chi connectivity index (χ1n) is 5.71. The predicted molar refractivity (Wildman–Crippen MR) is 73.8 cm³/mol. The quantitative estimate of drug-likeness (QED) is 0.917. The lowest BCUT2D eigenvalue weighted by Gasteiger charge is -2.33. The van der Waals surface area contributed by atoms with E-state index in [1.165, 1.54) is 17.8 Å². The molecule has 1 saturated carbocycles. The zero-order valence-electron chi connectivity index (χ0n) is 9.70. The molecule has 0 unspecified atom stereocenters. The fourth-order valence-corrected chi connectivity index (χ4v) is 5.73. The normalized spacial score (nSPS) is 20.4. The number of nitrogens with one attached hydrogen (secondary N) is 1. The molecule has 0 saturated heterocycles. The molecular formula is C11H16BrNO2S2. The van der Waals surface area contributed by atoms with Crippen molar-refractivity contribution in [2.75, 3.05) is 0 Å². The minimum Gasteiger partial charge on any atom is -0.206 e. The van der Waals surface area contributed by atoms with E-state index in [-0.39, 0.29) is 5.54 Å². The number of rotatable bonds is 3. The number of halogens is 1. The van der Waals surface area contributed by atoms with Crippen molar-refractivity contribution >= 4 is 37.3 Å². The Bertz CT molecular complexity index is 489. The second-order valence-electron chi connectivity index (χ2n) is 4.79. The molecule has 0 aliphatic heterocycles. The average molecular weight is 338 g/mol. The van der Waals surface area contributed by atoms with E-state index in [4.69, 9.17) is 0 Å². The Balaban J connectivity index is 2.17. The molecule has 1 aromatic heterocycles. The van der Waals surface area contributed by atoms with Gasteiger partial charge >= 0.3 is 0 Å². The van der Waals surface area contributed by atoms with E-state index in [9.17, 15) is 8.42 Å². The van der Waals surface area contributed by atoms with Crippen LogP contribution in [0.3, 0.4) is 0 Å². The second-order valence-corrected chi connectivity index (χ2v) is 9.16. The van der Waals surface area contributed by atoms with Crippen LogP contribution in [0.1, 0.15) is 39.0 Å². The SMILES string of the molecule is CC1(NS(=O)(=O)c2ccc(Br)s2)CCCCC1. The summed E-state index contributed by atoms with van der Waals surface area (Å²) in [5.41, 5.74) is -0.270. The lowest BCUT2D eigenvalue weighted by Crippen LogP contribution is -2.46. The number of thiophene rings is 1. The molecule has 3 nitrogen and oxygen atoms in total. The monoisotopic (exact) mass is 337 g/mol. The standard InChI is InChI=1S/C11H16BrNO2S2/c1-11(7-3-2-4-8-11)13-17(14,15)10-6-5-9(12)16-10/h5-6,13H,2-4,7-8H2,1H3. The summed E-state index contributed by atoms with van der Waals surface area (Å²) in [4.78, 5) is 0. The Hall–Kier alpha value is 0.0900. The molecular weight excluding hydrogens is 322 g/mol. The third-order valence-electron chi connectivity index (χ3n) is 3.15.